The van der Waals surface area contributed by atoms with Gasteiger partial charge in [-0.15, -0.1) is 11.3 Å². The van der Waals surface area contributed by atoms with E-state index in [-0.39, 0.29) is 12.1 Å². The fraction of sp³-hybridized carbons (Fsp3) is 0.769. The maximum absolute atomic E-state index is 12.7. The van der Waals surface area contributed by atoms with Crippen LogP contribution in [0.5, 0.6) is 0 Å². The van der Waals surface area contributed by atoms with Gasteiger partial charge in [0.25, 0.3) is 0 Å². The van der Waals surface area contributed by atoms with Gasteiger partial charge in [0.2, 0.25) is 0 Å². The summed E-state index contributed by atoms with van der Waals surface area (Å²) >= 11 is 0.732. The van der Waals surface area contributed by atoms with Gasteiger partial charge in [0.1, 0.15) is 0 Å². The molecule has 8 heteroatoms. The van der Waals surface area contributed by atoms with Gasteiger partial charge in [-0.1, -0.05) is 0 Å². The second-order valence-electron chi connectivity index (χ2n) is 5.50. The van der Waals surface area contributed by atoms with Crippen LogP contribution in [0.15, 0.2) is 6.20 Å². The van der Waals surface area contributed by atoms with E-state index in [1.54, 1.807) is 7.05 Å². The van der Waals surface area contributed by atoms with Gasteiger partial charge in [0.15, 0.2) is 5.01 Å². The molecule has 4 nitrogen and oxygen atoms in total. The first-order chi connectivity index (χ1) is 9.82. The Hall–Kier alpha value is -0.700. The molecule has 0 spiro atoms. The van der Waals surface area contributed by atoms with Crippen LogP contribution in [0, 0.1) is 0 Å². The average molecular weight is 322 g/mol. The summed E-state index contributed by atoms with van der Waals surface area (Å²) in [7, 11) is 5.86. The minimum Gasteiger partial charge on any atom is -0.311 e. The van der Waals surface area contributed by atoms with Crippen molar-refractivity contribution >= 4 is 11.3 Å². The van der Waals surface area contributed by atoms with Gasteiger partial charge in [-0.05, 0) is 40.7 Å². The van der Waals surface area contributed by atoms with Crippen molar-refractivity contribution in [2.75, 3.05) is 40.8 Å². The second-order valence-corrected chi connectivity index (χ2v) is 6.56. The number of nitrogens with one attached hydrogen (secondary N) is 1. The van der Waals surface area contributed by atoms with Crippen molar-refractivity contribution in [2.45, 2.75) is 24.7 Å². The van der Waals surface area contributed by atoms with E-state index >= 15 is 0 Å². The molecule has 0 radical (unpaired) electrons. The van der Waals surface area contributed by atoms with Gasteiger partial charge >= 0.3 is 6.18 Å². The molecule has 0 amide bonds. The lowest BCUT2D eigenvalue weighted by atomic mass is 10.1. The third-order valence-electron chi connectivity index (χ3n) is 3.88. The van der Waals surface area contributed by atoms with Crippen LogP contribution in [0.1, 0.15) is 22.3 Å². The van der Waals surface area contributed by atoms with Crippen LogP contribution in [-0.2, 0) is 6.18 Å². The number of nitrogens with zero attached hydrogens (tertiary/aromatic N) is 3. The molecule has 1 fully saturated rings. The summed E-state index contributed by atoms with van der Waals surface area (Å²) in [6.07, 6.45) is -1.95. The number of likely N-dealkylation sites (N-methyl/N-ethyl adjacent to an activating group) is 3. The Balaban J connectivity index is 2.23. The fourth-order valence-electron chi connectivity index (χ4n) is 2.75. The smallest absolute Gasteiger partial charge is 0.311 e. The number of aromatic nitrogens is 1. The van der Waals surface area contributed by atoms with Crippen LogP contribution in [0.2, 0.25) is 0 Å². The molecule has 1 N–H and O–H groups in total. The number of thiazole rings is 1. The molecule has 0 saturated carbocycles. The molecule has 0 aliphatic carbocycles. The maximum atomic E-state index is 12.7. The molecule has 0 bridgehead atoms. The van der Waals surface area contributed by atoms with Crippen molar-refractivity contribution in [3.63, 3.8) is 0 Å². The van der Waals surface area contributed by atoms with Crippen molar-refractivity contribution in [2.24, 2.45) is 0 Å². The standard InChI is InChI=1S/C13H21F3N4S/c1-17-11(9-8-19(2)5-4-6-20(9)3)10-7-18-12(21-10)13(14,15)16/h7,9,11,17H,4-6,8H2,1-3H3. The van der Waals surface area contributed by atoms with E-state index in [0.717, 1.165) is 37.4 Å². The third-order valence-corrected chi connectivity index (χ3v) is 5.01. The summed E-state index contributed by atoms with van der Waals surface area (Å²) in [6, 6.07) is -0.0202. The average Bonchev–Trinajstić information content (AvgIpc) is 2.81. The third kappa shape index (κ3) is 3.94. The van der Waals surface area contributed by atoms with Gasteiger partial charge < -0.3 is 15.1 Å². The Labute approximate surface area is 127 Å². The molecular formula is C13H21F3N4S. The summed E-state index contributed by atoms with van der Waals surface area (Å²) in [5.41, 5.74) is 0. The highest BCUT2D eigenvalue weighted by Crippen LogP contribution is 2.35. The second kappa shape index (κ2) is 6.60. The molecule has 0 aromatic carbocycles. The van der Waals surface area contributed by atoms with E-state index in [2.05, 4.69) is 20.1 Å². The van der Waals surface area contributed by atoms with Crippen LogP contribution in [0.3, 0.4) is 0 Å². The van der Waals surface area contributed by atoms with Crippen LogP contribution in [0.25, 0.3) is 0 Å². The quantitative estimate of drug-likeness (QED) is 0.923. The molecule has 2 rings (SSSR count). The van der Waals surface area contributed by atoms with E-state index < -0.39 is 11.2 Å². The largest absolute Gasteiger partial charge is 0.443 e. The molecule has 2 atom stereocenters. The molecular weight excluding hydrogens is 301 g/mol. The molecule has 1 saturated heterocycles. The molecule has 1 aliphatic heterocycles. The van der Waals surface area contributed by atoms with E-state index in [9.17, 15) is 13.2 Å². The van der Waals surface area contributed by atoms with Gasteiger partial charge in [0.05, 0.1) is 6.04 Å². The van der Waals surface area contributed by atoms with Crippen molar-refractivity contribution in [3.05, 3.63) is 16.1 Å². The zero-order valence-electron chi connectivity index (χ0n) is 12.4. The highest BCUT2D eigenvalue weighted by atomic mass is 32.1. The lowest BCUT2D eigenvalue weighted by Gasteiger charge is -2.33. The summed E-state index contributed by atoms with van der Waals surface area (Å²) in [4.78, 5) is 8.62. The van der Waals surface area contributed by atoms with Gasteiger partial charge in [-0.3, -0.25) is 0 Å². The summed E-state index contributed by atoms with van der Waals surface area (Å²) in [6.45, 7) is 2.77. The van der Waals surface area contributed by atoms with E-state index in [1.807, 2.05) is 14.1 Å². The fourth-order valence-corrected chi connectivity index (χ4v) is 3.70. The monoisotopic (exact) mass is 322 g/mol. The Morgan fingerprint density at radius 3 is 2.67 bits per heavy atom. The molecule has 120 valence electrons. The predicted octanol–water partition coefficient (Wildman–Crippen LogP) is 2.06. The number of hydrogen-bond acceptors (Lipinski definition) is 5. The molecule has 2 unspecified atom stereocenters. The van der Waals surface area contributed by atoms with E-state index in [1.165, 1.54) is 6.20 Å². The van der Waals surface area contributed by atoms with Gasteiger partial charge in [0, 0.05) is 23.7 Å². The Morgan fingerprint density at radius 1 is 1.38 bits per heavy atom. The van der Waals surface area contributed by atoms with Crippen molar-refractivity contribution in [3.8, 4) is 0 Å². The van der Waals surface area contributed by atoms with E-state index in [4.69, 9.17) is 0 Å². The Morgan fingerprint density at radius 2 is 2.10 bits per heavy atom. The summed E-state index contributed by atoms with van der Waals surface area (Å²) in [5.74, 6) is 0. The molecule has 1 aliphatic rings. The zero-order valence-corrected chi connectivity index (χ0v) is 13.3. The van der Waals surface area contributed by atoms with Gasteiger partial charge in [-0.2, -0.15) is 13.2 Å². The number of rotatable bonds is 3. The normalized spacial score (nSPS) is 24.0. The highest BCUT2D eigenvalue weighted by Gasteiger charge is 2.37. The lowest BCUT2D eigenvalue weighted by Crippen LogP contribution is -2.46. The molecule has 2 heterocycles. The van der Waals surface area contributed by atoms with Crippen molar-refractivity contribution in [1.82, 2.24) is 20.1 Å². The van der Waals surface area contributed by atoms with Crippen LogP contribution < -0.4 is 5.32 Å². The number of hydrogen-bond donors (Lipinski definition) is 1. The van der Waals surface area contributed by atoms with Crippen LogP contribution in [0.4, 0.5) is 13.2 Å². The SMILES string of the molecule is CNC(c1cnc(C(F)(F)F)s1)C1CN(C)CCCN1C. The summed E-state index contributed by atoms with van der Waals surface area (Å²) in [5, 5.41) is 2.39. The highest BCUT2D eigenvalue weighted by molar-refractivity contribution is 7.11. The number of alkyl halides is 3. The zero-order chi connectivity index (χ0) is 15.6. The first-order valence-corrected chi connectivity index (χ1v) is 7.73. The van der Waals surface area contributed by atoms with Gasteiger partial charge in [-0.25, -0.2) is 4.98 Å². The number of halogens is 3. The Kier molecular flexibility index (Phi) is 5.24. The minimum atomic E-state index is -4.37. The first kappa shape index (κ1) is 16.7. The van der Waals surface area contributed by atoms with E-state index in [0.29, 0.717) is 4.88 Å². The Bertz CT molecular complexity index is 463. The van der Waals surface area contributed by atoms with Crippen molar-refractivity contribution in [1.29, 1.82) is 0 Å². The predicted molar refractivity (Wildman–Crippen MR) is 77.4 cm³/mol. The maximum Gasteiger partial charge on any atom is 0.443 e. The van der Waals surface area contributed by atoms with Crippen LogP contribution >= 0.6 is 11.3 Å². The first-order valence-electron chi connectivity index (χ1n) is 6.92. The van der Waals surface area contributed by atoms with Crippen molar-refractivity contribution < 1.29 is 13.2 Å². The topological polar surface area (TPSA) is 31.4 Å². The molecule has 1 aromatic heterocycles. The molecule has 1 aromatic rings. The molecule has 21 heavy (non-hydrogen) atoms. The minimum absolute atomic E-state index is 0.129. The van der Waals surface area contributed by atoms with Crippen LogP contribution in [-0.4, -0.2) is 61.6 Å². The lowest BCUT2D eigenvalue weighted by molar-refractivity contribution is -0.137. The summed E-state index contributed by atoms with van der Waals surface area (Å²) < 4.78 is 38.2.